The first-order valence-electron chi connectivity index (χ1n) is 4.24. The van der Waals surface area contributed by atoms with Crippen molar-refractivity contribution in [1.29, 1.82) is 0 Å². The van der Waals surface area contributed by atoms with Gasteiger partial charge in [-0.25, -0.2) is 10.6 Å². The van der Waals surface area contributed by atoms with Crippen LogP contribution in [0.5, 0.6) is 0 Å². The van der Waals surface area contributed by atoms with Crippen LogP contribution in [0, 0.1) is 0 Å². The van der Waals surface area contributed by atoms with Gasteiger partial charge in [-0.1, -0.05) is 18.2 Å². The minimum absolute atomic E-state index is 0.240. The van der Waals surface area contributed by atoms with Gasteiger partial charge >= 0.3 is 5.97 Å². The highest BCUT2D eigenvalue weighted by Crippen LogP contribution is 2.17. The third kappa shape index (κ3) is 1.60. The van der Waals surface area contributed by atoms with Crippen molar-refractivity contribution < 1.29 is 9.53 Å². The Morgan fingerprint density at radius 2 is 2.00 bits per heavy atom. The Morgan fingerprint density at radius 3 is 2.57 bits per heavy atom. The van der Waals surface area contributed by atoms with Crippen LogP contribution in [0.2, 0.25) is 0 Å². The molecule has 1 aliphatic heterocycles. The Hall–Kier alpha value is -1.81. The molecule has 2 N–H and O–H groups in total. The maximum absolute atomic E-state index is 10.8. The topological polar surface area (TPSA) is 55.6 Å². The highest BCUT2D eigenvalue weighted by Gasteiger charge is 2.17. The minimum atomic E-state index is -0.341. The maximum atomic E-state index is 10.8. The lowest BCUT2D eigenvalue weighted by Crippen LogP contribution is -2.30. The third-order valence-corrected chi connectivity index (χ3v) is 1.99. The smallest absolute Gasteiger partial charge is 0.333 e. The van der Waals surface area contributed by atoms with E-state index in [1.807, 2.05) is 30.3 Å². The van der Waals surface area contributed by atoms with E-state index in [4.69, 9.17) is 10.6 Å². The standard InChI is InChI=1S/C10H10N2O2/c11-12(8-4-2-1-3-5-8)9-6-10(13)14-7-9/h1-6H,7,11H2. The lowest BCUT2D eigenvalue weighted by atomic mass is 10.3. The van der Waals surface area contributed by atoms with Crippen LogP contribution >= 0.6 is 0 Å². The number of rotatable bonds is 2. The van der Waals surface area contributed by atoms with E-state index in [9.17, 15) is 4.79 Å². The second-order valence-corrected chi connectivity index (χ2v) is 2.95. The Bertz CT molecular complexity index is 373. The third-order valence-electron chi connectivity index (χ3n) is 1.99. The summed E-state index contributed by atoms with van der Waals surface area (Å²) in [4.78, 5) is 10.8. The van der Waals surface area contributed by atoms with Gasteiger partial charge in [-0.05, 0) is 12.1 Å². The summed E-state index contributed by atoms with van der Waals surface area (Å²) in [6, 6.07) is 9.40. The zero-order chi connectivity index (χ0) is 9.97. The summed E-state index contributed by atoms with van der Waals surface area (Å²) < 4.78 is 4.75. The predicted octanol–water partition coefficient (Wildman–Crippen LogP) is 0.807. The maximum Gasteiger partial charge on any atom is 0.333 e. The molecule has 4 heteroatoms. The number of esters is 1. The Balaban J connectivity index is 2.21. The molecule has 0 atom stereocenters. The molecule has 0 amide bonds. The summed E-state index contributed by atoms with van der Waals surface area (Å²) >= 11 is 0. The number of hydrogen-bond acceptors (Lipinski definition) is 4. The van der Waals surface area contributed by atoms with Gasteiger partial charge < -0.3 is 4.74 Å². The fraction of sp³-hybridized carbons (Fsp3) is 0.100. The average Bonchev–Trinajstić information content (AvgIpc) is 2.65. The first-order valence-corrected chi connectivity index (χ1v) is 4.24. The number of nitrogens with two attached hydrogens (primary N) is 1. The fourth-order valence-corrected chi connectivity index (χ4v) is 1.26. The number of anilines is 1. The van der Waals surface area contributed by atoms with Gasteiger partial charge in [0.15, 0.2) is 0 Å². The molecule has 14 heavy (non-hydrogen) atoms. The van der Waals surface area contributed by atoms with E-state index < -0.39 is 0 Å². The summed E-state index contributed by atoms with van der Waals surface area (Å²) in [5, 5.41) is 1.45. The van der Waals surface area contributed by atoms with Gasteiger partial charge in [0.05, 0.1) is 11.4 Å². The summed E-state index contributed by atoms with van der Waals surface area (Å²) in [5.41, 5.74) is 1.50. The molecule has 0 aromatic heterocycles. The molecule has 0 spiro atoms. The van der Waals surface area contributed by atoms with E-state index in [0.717, 1.165) is 5.69 Å². The van der Waals surface area contributed by atoms with Gasteiger partial charge in [-0.2, -0.15) is 0 Å². The molecular weight excluding hydrogens is 180 g/mol. The van der Waals surface area contributed by atoms with Crippen molar-refractivity contribution in [3.8, 4) is 0 Å². The molecule has 0 saturated heterocycles. The van der Waals surface area contributed by atoms with Gasteiger partial charge in [0.2, 0.25) is 0 Å². The molecule has 0 bridgehead atoms. The lowest BCUT2D eigenvalue weighted by molar-refractivity contribution is -0.134. The van der Waals surface area contributed by atoms with Crippen molar-refractivity contribution in [2.24, 2.45) is 5.84 Å². The van der Waals surface area contributed by atoms with E-state index in [1.165, 1.54) is 11.1 Å². The number of carbonyl (C=O) groups excluding carboxylic acids is 1. The highest BCUT2D eigenvalue weighted by molar-refractivity contribution is 5.86. The summed E-state index contributed by atoms with van der Waals surface area (Å²) in [7, 11) is 0. The van der Waals surface area contributed by atoms with Crippen molar-refractivity contribution in [3.05, 3.63) is 42.1 Å². The number of carbonyl (C=O) groups is 1. The Kier molecular flexibility index (Phi) is 2.20. The van der Waals surface area contributed by atoms with Crippen molar-refractivity contribution in [2.45, 2.75) is 0 Å². The van der Waals surface area contributed by atoms with Gasteiger partial charge in [0.25, 0.3) is 0 Å². The molecule has 1 aliphatic rings. The van der Waals surface area contributed by atoms with Crippen LogP contribution in [-0.4, -0.2) is 12.6 Å². The fourth-order valence-electron chi connectivity index (χ4n) is 1.26. The van der Waals surface area contributed by atoms with Crippen LogP contribution in [0.15, 0.2) is 42.1 Å². The van der Waals surface area contributed by atoms with Gasteiger partial charge in [0.1, 0.15) is 6.61 Å². The number of cyclic esters (lactones) is 1. The molecule has 72 valence electrons. The molecule has 0 fully saturated rings. The Morgan fingerprint density at radius 1 is 1.29 bits per heavy atom. The van der Waals surface area contributed by atoms with Crippen molar-refractivity contribution in [2.75, 3.05) is 11.6 Å². The first-order chi connectivity index (χ1) is 6.77. The zero-order valence-corrected chi connectivity index (χ0v) is 7.51. The van der Waals surface area contributed by atoms with Crippen LogP contribution in [0.3, 0.4) is 0 Å². The van der Waals surface area contributed by atoms with E-state index in [-0.39, 0.29) is 12.6 Å². The Labute approximate surface area is 81.5 Å². The monoisotopic (exact) mass is 190 g/mol. The van der Waals surface area contributed by atoms with E-state index in [2.05, 4.69) is 0 Å². The predicted molar refractivity (Wildman–Crippen MR) is 52.2 cm³/mol. The molecule has 4 nitrogen and oxygen atoms in total. The number of benzene rings is 1. The number of nitrogens with zero attached hydrogens (tertiary/aromatic N) is 1. The minimum Gasteiger partial charge on any atom is -0.456 e. The van der Waals surface area contributed by atoms with E-state index >= 15 is 0 Å². The molecule has 2 rings (SSSR count). The van der Waals surface area contributed by atoms with Crippen LogP contribution < -0.4 is 10.9 Å². The molecule has 0 saturated carbocycles. The molecule has 1 heterocycles. The normalized spacial score (nSPS) is 14.9. The van der Waals surface area contributed by atoms with Crippen molar-refractivity contribution in [3.63, 3.8) is 0 Å². The molecule has 0 radical (unpaired) electrons. The van der Waals surface area contributed by atoms with Crippen LogP contribution in [0.25, 0.3) is 0 Å². The highest BCUT2D eigenvalue weighted by atomic mass is 16.5. The van der Waals surface area contributed by atoms with Crippen molar-refractivity contribution >= 4 is 11.7 Å². The SMILES string of the molecule is NN(C1=CC(=O)OC1)c1ccccc1. The zero-order valence-electron chi connectivity index (χ0n) is 7.51. The van der Waals surface area contributed by atoms with Gasteiger partial charge in [-0.15, -0.1) is 0 Å². The average molecular weight is 190 g/mol. The molecule has 1 aromatic carbocycles. The summed E-state index contributed by atoms with van der Waals surface area (Å²) in [5.74, 6) is 5.45. The quantitative estimate of drug-likeness (QED) is 0.426. The summed E-state index contributed by atoms with van der Waals surface area (Å²) in [6.45, 7) is 0.240. The number of hydrazine groups is 1. The number of para-hydroxylation sites is 1. The number of ether oxygens (including phenoxy) is 1. The number of hydrogen-bond donors (Lipinski definition) is 1. The molecule has 0 unspecified atom stereocenters. The van der Waals surface area contributed by atoms with Crippen molar-refractivity contribution in [1.82, 2.24) is 0 Å². The van der Waals surface area contributed by atoms with E-state index in [1.54, 1.807) is 0 Å². The second-order valence-electron chi connectivity index (χ2n) is 2.95. The van der Waals surface area contributed by atoms with Gasteiger partial charge in [-0.3, -0.25) is 5.01 Å². The summed E-state index contributed by atoms with van der Waals surface area (Å²) in [6.07, 6.45) is 1.40. The molecule has 1 aromatic rings. The largest absolute Gasteiger partial charge is 0.456 e. The van der Waals surface area contributed by atoms with Crippen LogP contribution in [-0.2, 0) is 9.53 Å². The van der Waals surface area contributed by atoms with Gasteiger partial charge in [0, 0.05) is 6.08 Å². The molecule has 0 aliphatic carbocycles. The lowest BCUT2D eigenvalue weighted by Gasteiger charge is -2.18. The molecular formula is C10H10N2O2. The second kappa shape index (κ2) is 3.51. The first kappa shape index (κ1) is 8.77. The van der Waals surface area contributed by atoms with E-state index in [0.29, 0.717) is 5.70 Å². The van der Waals surface area contributed by atoms with Crippen LogP contribution in [0.1, 0.15) is 0 Å². The van der Waals surface area contributed by atoms with Crippen LogP contribution in [0.4, 0.5) is 5.69 Å².